The minimum Gasteiger partial charge on any atom is -0.492 e. The molecule has 0 saturated carbocycles. The third-order valence-corrected chi connectivity index (χ3v) is 12.2. The van der Waals surface area contributed by atoms with Crippen LogP contribution in [0.5, 0.6) is 11.5 Å². The van der Waals surface area contributed by atoms with Gasteiger partial charge in [0.05, 0.1) is 12.1 Å². The van der Waals surface area contributed by atoms with E-state index < -0.39 is 41.5 Å². The number of fused-ring (bicyclic) bond motifs is 5. The number of amides is 2. The molecule has 67 heavy (non-hydrogen) atoms. The molecule has 0 spiro atoms. The van der Waals surface area contributed by atoms with E-state index in [4.69, 9.17) is 26.7 Å². The standard InChI is InChI=1S/C54H60N6O7/c1-34-28-40(39-14-12-38(13-15-39)37-8-5-4-6-9-37)16-18-43(34)48(62)33-42(21-23-56)54(65)60(3)52-41-17-20-51(67-27-25-58)45(32-41)44-30-36(11-19-50(44)66-26-24-57)31-46(47(61)10-7-22-55)59-53(64)35(2)29-49(52)63/h4-6,8-9,11-20,28,30,32,35,42,46,52H,7,10,21,23-27,29,31,33,56-58H2,1-3H3,(H,59,64)/t35-,42-,46+,52+/m1/s1. The van der Waals surface area contributed by atoms with Gasteiger partial charge in [0, 0.05) is 74.3 Å². The first-order chi connectivity index (χ1) is 32.4. The number of ketones is 3. The Balaban J connectivity index is 1.35. The van der Waals surface area contributed by atoms with E-state index in [1.165, 1.54) is 11.9 Å². The quantitative estimate of drug-likeness (QED) is 0.0661. The number of benzene rings is 5. The fraction of sp³-hybridized carbons (Fsp3) is 0.333. The second-order valence-electron chi connectivity index (χ2n) is 17.0. The molecule has 4 bridgehead atoms. The Morgan fingerprint density at radius 3 is 2.01 bits per heavy atom. The van der Waals surface area contributed by atoms with Gasteiger partial charge in [0.2, 0.25) is 11.8 Å². The first-order valence-corrected chi connectivity index (χ1v) is 22.8. The van der Waals surface area contributed by atoms with E-state index in [1.54, 1.807) is 43.3 Å². The maximum absolute atomic E-state index is 14.8. The van der Waals surface area contributed by atoms with E-state index in [1.807, 2.05) is 49.4 Å². The monoisotopic (exact) mass is 904 g/mol. The lowest BCUT2D eigenvalue weighted by Gasteiger charge is -2.32. The van der Waals surface area contributed by atoms with Crippen LogP contribution in [-0.4, -0.2) is 80.0 Å². The van der Waals surface area contributed by atoms with Crippen LogP contribution in [0.2, 0.25) is 0 Å². The Kier molecular flexibility index (Phi) is 17.3. The summed E-state index contributed by atoms with van der Waals surface area (Å²) in [5.41, 5.74) is 25.4. The van der Waals surface area contributed by atoms with Crippen molar-refractivity contribution in [3.8, 4) is 50.9 Å². The fourth-order valence-electron chi connectivity index (χ4n) is 8.62. The number of ether oxygens (including phenoxy) is 2. The van der Waals surface area contributed by atoms with Crippen LogP contribution in [0.25, 0.3) is 33.4 Å². The van der Waals surface area contributed by atoms with Gasteiger partial charge in [-0.2, -0.15) is 5.26 Å². The number of nitrogens with zero attached hydrogens (tertiary/aromatic N) is 2. The molecular formula is C54H60N6O7. The molecule has 1 heterocycles. The van der Waals surface area contributed by atoms with Crippen molar-refractivity contribution in [2.75, 3.05) is 39.9 Å². The van der Waals surface area contributed by atoms with E-state index >= 15 is 0 Å². The summed E-state index contributed by atoms with van der Waals surface area (Å²) in [6, 6.07) is 34.3. The number of aryl methyl sites for hydroxylation is 1. The minimum atomic E-state index is -1.22. The molecule has 0 radical (unpaired) electrons. The number of hydrogen-bond acceptors (Lipinski definition) is 11. The van der Waals surface area contributed by atoms with Gasteiger partial charge in [0.15, 0.2) is 17.3 Å². The van der Waals surface area contributed by atoms with Crippen LogP contribution in [-0.2, 0) is 25.6 Å². The molecule has 7 N–H and O–H groups in total. The van der Waals surface area contributed by atoms with Crippen molar-refractivity contribution in [2.24, 2.45) is 29.0 Å². The lowest BCUT2D eigenvalue weighted by atomic mass is 9.87. The van der Waals surface area contributed by atoms with Crippen molar-refractivity contribution in [2.45, 2.75) is 64.5 Å². The Morgan fingerprint density at radius 2 is 1.39 bits per heavy atom. The predicted octanol–water partition coefficient (Wildman–Crippen LogP) is 6.92. The maximum atomic E-state index is 14.8. The number of hydrogen-bond donors (Lipinski definition) is 4. The summed E-state index contributed by atoms with van der Waals surface area (Å²) >= 11 is 0. The Labute approximate surface area is 392 Å². The molecule has 0 aromatic heterocycles. The normalized spacial score (nSPS) is 16.5. The minimum absolute atomic E-state index is 0.0273. The number of nitrogens with two attached hydrogens (primary N) is 3. The van der Waals surface area contributed by atoms with Gasteiger partial charge in [0.1, 0.15) is 30.8 Å². The van der Waals surface area contributed by atoms with Crippen LogP contribution in [0, 0.1) is 30.1 Å². The Morgan fingerprint density at radius 1 is 0.776 bits per heavy atom. The summed E-state index contributed by atoms with van der Waals surface area (Å²) in [4.78, 5) is 72.4. The molecule has 4 atom stereocenters. The number of carbonyl (C=O) groups is 5. The number of rotatable bonds is 18. The molecular weight excluding hydrogens is 845 g/mol. The zero-order valence-electron chi connectivity index (χ0n) is 38.5. The van der Waals surface area contributed by atoms with Crippen molar-refractivity contribution in [1.29, 1.82) is 5.26 Å². The fourth-order valence-corrected chi connectivity index (χ4v) is 8.62. The van der Waals surface area contributed by atoms with Crippen molar-refractivity contribution < 1.29 is 33.4 Å². The van der Waals surface area contributed by atoms with E-state index in [9.17, 15) is 29.2 Å². The van der Waals surface area contributed by atoms with Crippen LogP contribution in [0.15, 0.2) is 109 Å². The van der Waals surface area contributed by atoms with Gasteiger partial charge >= 0.3 is 0 Å². The highest BCUT2D eigenvalue weighted by Gasteiger charge is 2.36. The molecule has 1 aliphatic rings. The first-order valence-electron chi connectivity index (χ1n) is 22.8. The highest BCUT2D eigenvalue weighted by molar-refractivity contribution is 6.01. The molecule has 0 unspecified atom stereocenters. The maximum Gasteiger partial charge on any atom is 0.226 e. The lowest BCUT2D eigenvalue weighted by Crippen LogP contribution is -2.46. The third-order valence-electron chi connectivity index (χ3n) is 12.2. The summed E-state index contributed by atoms with van der Waals surface area (Å²) in [6.07, 6.45) is -0.265. The van der Waals surface area contributed by atoms with Crippen molar-refractivity contribution in [3.05, 3.63) is 131 Å². The van der Waals surface area contributed by atoms with Gasteiger partial charge in [-0.15, -0.1) is 0 Å². The third kappa shape index (κ3) is 12.3. The second kappa shape index (κ2) is 23.5. The van der Waals surface area contributed by atoms with Gasteiger partial charge in [-0.1, -0.05) is 91.9 Å². The summed E-state index contributed by atoms with van der Waals surface area (Å²) in [5.74, 6) is -2.92. The number of carbonyl (C=O) groups excluding carboxylic acids is 5. The molecule has 13 nitrogen and oxygen atoms in total. The largest absolute Gasteiger partial charge is 0.492 e. The second-order valence-corrected chi connectivity index (χ2v) is 17.0. The number of Topliss-reactive ketones (excluding diaryl/α,β-unsaturated/α-hetero) is 3. The van der Waals surface area contributed by atoms with Gasteiger partial charge < -0.3 is 36.9 Å². The van der Waals surface area contributed by atoms with Crippen LogP contribution < -0.4 is 32.0 Å². The Bertz CT molecular complexity index is 2610. The molecule has 5 aromatic carbocycles. The van der Waals surface area contributed by atoms with E-state index in [0.717, 1.165) is 27.8 Å². The summed E-state index contributed by atoms with van der Waals surface area (Å²) in [5, 5.41) is 12.1. The molecule has 6 rings (SSSR count). The zero-order chi connectivity index (χ0) is 48.0. The van der Waals surface area contributed by atoms with Crippen LogP contribution in [0.3, 0.4) is 0 Å². The molecule has 0 fully saturated rings. The van der Waals surface area contributed by atoms with E-state index in [2.05, 4.69) is 41.7 Å². The first kappa shape index (κ1) is 49.5. The molecule has 0 aliphatic carbocycles. The van der Waals surface area contributed by atoms with Gasteiger partial charge in [-0.05, 0) is 89.5 Å². The summed E-state index contributed by atoms with van der Waals surface area (Å²) in [7, 11) is 1.52. The van der Waals surface area contributed by atoms with Gasteiger partial charge in [-0.25, -0.2) is 0 Å². The van der Waals surface area contributed by atoms with Crippen LogP contribution >= 0.6 is 0 Å². The molecule has 13 heteroatoms. The van der Waals surface area contributed by atoms with Gasteiger partial charge in [-0.3, -0.25) is 24.0 Å². The average molecular weight is 905 g/mol. The predicted molar refractivity (Wildman–Crippen MR) is 259 cm³/mol. The smallest absolute Gasteiger partial charge is 0.226 e. The summed E-state index contributed by atoms with van der Waals surface area (Å²) in [6.45, 7) is 4.37. The van der Waals surface area contributed by atoms with Crippen molar-refractivity contribution in [3.63, 3.8) is 0 Å². The van der Waals surface area contributed by atoms with Crippen LogP contribution in [0.4, 0.5) is 0 Å². The summed E-state index contributed by atoms with van der Waals surface area (Å²) < 4.78 is 12.3. The molecule has 1 aliphatic heterocycles. The van der Waals surface area contributed by atoms with E-state index in [0.29, 0.717) is 39.3 Å². The number of nitrogens with one attached hydrogen (secondary N) is 1. The highest BCUT2D eigenvalue weighted by Crippen LogP contribution is 2.41. The number of nitriles is 1. The van der Waals surface area contributed by atoms with Crippen molar-refractivity contribution in [1.82, 2.24) is 10.2 Å². The lowest BCUT2D eigenvalue weighted by molar-refractivity contribution is -0.142. The molecule has 348 valence electrons. The SMILES string of the molecule is Cc1cc(-c2ccc(-c3ccccc3)cc2)ccc1C(=O)C[C@@H](CCN)C(=O)N(C)[C@@H]1C(=O)C[C@@H](C)C(=O)N[C@H](C(=O)CCC#N)Cc2ccc(OCCN)c(c2)-c2cc1ccc2OCCN. The molecule has 2 amide bonds. The number of likely N-dealkylation sites (N-methyl/N-ethyl adjacent to an activating group) is 1. The van der Waals surface area contributed by atoms with Crippen molar-refractivity contribution >= 4 is 29.2 Å². The topological polar surface area (TPSA) is 221 Å². The molecule has 5 aromatic rings. The van der Waals surface area contributed by atoms with E-state index in [-0.39, 0.29) is 82.9 Å². The zero-order valence-corrected chi connectivity index (χ0v) is 38.5. The molecule has 0 saturated heterocycles. The Hall–Kier alpha value is -6.98. The average Bonchev–Trinajstić information content (AvgIpc) is 3.34. The van der Waals surface area contributed by atoms with Crippen LogP contribution in [0.1, 0.15) is 72.1 Å². The highest BCUT2D eigenvalue weighted by atomic mass is 16.5. The van der Waals surface area contributed by atoms with Gasteiger partial charge in [0.25, 0.3) is 0 Å².